The Morgan fingerprint density at radius 2 is 1.86 bits per heavy atom. The van der Waals surface area contributed by atoms with Crippen molar-refractivity contribution in [3.05, 3.63) is 69.8 Å². The Labute approximate surface area is 131 Å². The van der Waals surface area contributed by atoms with Crippen molar-refractivity contribution >= 4 is 38.8 Å². The van der Waals surface area contributed by atoms with Gasteiger partial charge in [-0.2, -0.15) is 0 Å². The zero-order chi connectivity index (χ0) is 14.8. The number of hydrogen-bond donors (Lipinski definition) is 0. The predicted molar refractivity (Wildman–Crippen MR) is 85.7 cm³/mol. The minimum Gasteiger partial charge on any atom is -0.299 e. The molecule has 0 radical (unpaired) electrons. The summed E-state index contributed by atoms with van der Waals surface area (Å²) in [6.45, 7) is 0. The van der Waals surface area contributed by atoms with Crippen molar-refractivity contribution in [3.8, 4) is 0 Å². The maximum atomic E-state index is 13.0. The van der Waals surface area contributed by atoms with E-state index in [4.69, 9.17) is 11.6 Å². The van der Waals surface area contributed by atoms with Crippen LogP contribution in [0.25, 0.3) is 10.1 Å². The van der Waals surface area contributed by atoms with Crippen molar-refractivity contribution < 1.29 is 9.18 Å². The first kappa shape index (κ1) is 14.2. The largest absolute Gasteiger partial charge is 0.299 e. The molecule has 0 unspecified atom stereocenters. The van der Waals surface area contributed by atoms with Gasteiger partial charge in [0.15, 0.2) is 0 Å². The lowest BCUT2D eigenvalue weighted by Crippen LogP contribution is -2.06. The van der Waals surface area contributed by atoms with E-state index < -0.39 is 0 Å². The molecule has 0 atom stereocenters. The van der Waals surface area contributed by atoms with E-state index in [9.17, 15) is 9.18 Å². The Morgan fingerprint density at radius 1 is 1.10 bits per heavy atom. The molecule has 106 valence electrons. The van der Waals surface area contributed by atoms with Crippen molar-refractivity contribution in [2.75, 3.05) is 0 Å². The van der Waals surface area contributed by atoms with Crippen LogP contribution in [0.3, 0.4) is 0 Å². The highest BCUT2D eigenvalue weighted by atomic mass is 35.5. The zero-order valence-electron chi connectivity index (χ0n) is 11.1. The molecule has 0 saturated heterocycles. The normalized spacial score (nSPS) is 11.0. The number of Topliss-reactive ketones (excluding diaryl/α,β-unsaturated/α-hetero) is 1. The number of ketones is 1. The summed E-state index contributed by atoms with van der Waals surface area (Å²) >= 11 is 7.60. The van der Waals surface area contributed by atoms with Gasteiger partial charge in [0.1, 0.15) is 11.6 Å². The third-order valence-corrected chi connectivity index (χ3v) is 4.72. The highest BCUT2D eigenvalue weighted by molar-refractivity contribution is 7.17. The molecule has 0 N–H and O–H groups in total. The van der Waals surface area contributed by atoms with E-state index >= 15 is 0 Å². The van der Waals surface area contributed by atoms with Gasteiger partial charge >= 0.3 is 0 Å². The van der Waals surface area contributed by atoms with Crippen LogP contribution in [0.1, 0.15) is 11.1 Å². The first-order chi connectivity index (χ1) is 10.1. The monoisotopic (exact) mass is 318 g/mol. The molecule has 3 rings (SSSR count). The van der Waals surface area contributed by atoms with E-state index in [0.29, 0.717) is 17.0 Å². The number of carbonyl (C=O) groups excluding carboxylic acids is 1. The van der Waals surface area contributed by atoms with Gasteiger partial charge in [-0.25, -0.2) is 4.39 Å². The minimum absolute atomic E-state index is 0.0760. The Morgan fingerprint density at radius 3 is 2.67 bits per heavy atom. The molecule has 21 heavy (non-hydrogen) atoms. The molecule has 0 saturated carbocycles. The number of benzene rings is 2. The van der Waals surface area contributed by atoms with Crippen LogP contribution in [0.2, 0.25) is 5.02 Å². The maximum absolute atomic E-state index is 13.0. The number of halogens is 2. The van der Waals surface area contributed by atoms with Crippen molar-refractivity contribution in [3.63, 3.8) is 0 Å². The van der Waals surface area contributed by atoms with E-state index in [1.165, 1.54) is 16.8 Å². The Kier molecular flexibility index (Phi) is 4.04. The van der Waals surface area contributed by atoms with E-state index in [1.807, 2.05) is 29.6 Å². The third kappa shape index (κ3) is 3.14. The third-order valence-electron chi connectivity index (χ3n) is 3.35. The van der Waals surface area contributed by atoms with E-state index in [2.05, 4.69) is 0 Å². The summed E-state index contributed by atoms with van der Waals surface area (Å²) in [5.41, 5.74) is 1.71. The smallest absolute Gasteiger partial charge is 0.141 e. The van der Waals surface area contributed by atoms with E-state index in [-0.39, 0.29) is 18.0 Å². The fourth-order valence-corrected chi connectivity index (χ4v) is 3.52. The quantitative estimate of drug-likeness (QED) is 0.658. The van der Waals surface area contributed by atoms with Crippen LogP contribution in [0.15, 0.2) is 47.8 Å². The average Bonchev–Trinajstić information content (AvgIpc) is 2.85. The molecule has 1 aromatic heterocycles. The van der Waals surface area contributed by atoms with E-state index in [1.54, 1.807) is 17.4 Å². The summed E-state index contributed by atoms with van der Waals surface area (Å²) < 4.78 is 14.2. The number of thiophene rings is 1. The zero-order valence-corrected chi connectivity index (χ0v) is 12.7. The number of rotatable bonds is 4. The van der Waals surface area contributed by atoms with Crippen LogP contribution < -0.4 is 0 Å². The summed E-state index contributed by atoms with van der Waals surface area (Å²) in [6, 6.07) is 12.2. The van der Waals surface area contributed by atoms with Crippen LogP contribution in [0.5, 0.6) is 0 Å². The van der Waals surface area contributed by atoms with Crippen LogP contribution in [-0.4, -0.2) is 5.78 Å². The fraction of sp³-hybridized carbons (Fsp3) is 0.118. The molecule has 2 aromatic carbocycles. The van der Waals surface area contributed by atoms with Crippen molar-refractivity contribution in [2.24, 2.45) is 0 Å². The molecular weight excluding hydrogens is 307 g/mol. The van der Waals surface area contributed by atoms with Crippen molar-refractivity contribution in [2.45, 2.75) is 12.8 Å². The minimum atomic E-state index is -0.389. The fourth-order valence-electron chi connectivity index (χ4n) is 2.32. The first-order valence-electron chi connectivity index (χ1n) is 6.54. The van der Waals surface area contributed by atoms with Crippen LogP contribution >= 0.6 is 22.9 Å². The van der Waals surface area contributed by atoms with Gasteiger partial charge in [-0.15, -0.1) is 11.3 Å². The summed E-state index contributed by atoms with van der Waals surface area (Å²) in [4.78, 5) is 12.2. The standard InChI is InChI=1S/C17H12ClFOS/c18-16-9-13(19)6-5-11(16)7-14(20)8-12-10-21-17-4-2-1-3-15(12)17/h1-6,9-10H,7-8H2. The molecular formula is C17H12ClFOS. The molecule has 4 heteroatoms. The van der Waals surface area contributed by atoms with Crippen LogP contribution in [0.4, 0.5) is 4.39 Å². The Balaban J connectivity index is 1.77. The second-order valence-electron chi connectivity index (χ2n) is 4.89. The highest BCUT2D eigenvalue weighted by Crippen LogP contribution is 2.26. The SMILES string of the molecule is O=C(Cc1ccc(F)cc1Cl)Cc1csc2ccccc12. The van der Waals surface area contributed by atoms with Gasteiger partial charge in [0.2, 0.25) is 0 Å². The topological polar surface area (TPSA) is 17.1 Å². The molecule has 0 bridgehead atoms. The molecule has 0 aliphatic heterocycles. The number of fused-ring (bicyclic) bond motifs is 1. The second-order valence-corrected chi connectivity index (χ2v) is 6.20. The molecule has 0 aliphatic carbocycles. The Bertz CT molecular complexity index is 809. The van der Waals surface area contributed by atoms with Gasteiger partial charge in [-0.05, 0) is 40.1 Å². The van der Waals surface area contributed by atoms with Gasteiger partial charge in [0.05, 0.1) is 0 Å². The lowest BCUT2D eigenvalue weighted by Gasteiger charge is -2.04. The number of carbonyl (C=O) groups is 1. The molecule has 1 nitrogen and oxygen atoms in total. The predicted octanol–water partition coefficient (Wildman–Crippen LogP) is 5.05. The van der Waals surface area contributed by atoms with Gasteiger partial charge in [0, 0.05) is 22.6 Å². The molecule has 0 amide bonds. The summed E-state index contributed by atoms with van der Waals surface area (Å²) in [5.74, 6) is -0.313. The van der Waals surface area contributed by atoms with Gasteiger partial charge in [-0.3, -0.25) is 4.79 Å². The lowest BCUT2D eigenvalue weighted by molar-refractivity contribution is -0.117. The maximum Gasteiger partial charge on any atom is 0.141 e. The van der Waals surface area contributed by atoms with Gasteiger partial charge in [0.25, 0.3) is 0 Å². The summed E-state index contributed by atoms with van der Waals surface area (Å²) in [7, 11) is 0. The lowest BCUT2D eigenvalue weighted by atomic mass is 10.0. The number of hydrogen-bond acceptors (Lipinski definition) is 2. The van der Waals surface area contributed by atoms with Gasteiger partial charge < -0.3 is 0 Å². The van der Waals surface area contributed by atoms with Gasteiger partial charge in [-0.1, -0.05) is 35.9 Å². The molecule has 0 aliphatic rings. The van der Waals surface area contributed by atoms with Crippen molar-refractivity contribution in [1.29, 1.82) is 0 Å². The van der Waals surface area contributed by atoms with Crippen LogP contribution in [-0.2, 0) is 17.6 Å². The van der Waals surface area contributed by atoms with Crippen molar-refractivity contribution in [1.82, 2.24) is 0 Å². The molecule has 0 fully saturated rings. The molecule has 0 spiro atoms. The summed E-state index contributed by atoms with van der Waals surface area (Å²) in [6.07, 6.45) is 0.598. The second kappa shape index (κ2) is 5.96. The molecule has 1 heterocycles. The van der Waals surface area contributed by atoms with E-state index in [0.717, 1.165) is 10.9 Å². The van der Waals surface area contributed by atoms with Crippen LogP contribution in [0, 0.1) is 5.82 Å². The molecule has 3 aromatic rings. The first-order valence-corrected chi connectivity index (χ1v) is 7.80. The Hall–Kier alpha value is -1.71. The highest BCUT2D eigenvalue weighted by Gasteiger charge is 2.11. The summed E-state index contributed by atoms with van der Waals surface area (Å²) in [5, 5.41) is 3.45. The average molecular weight is 319 g/mol.